The molecule has 1 aromatic rings. The summed E-state index contributed by atoms with van der Waals surface area (Å²) < 4.78 is 16.8. The van der Waals surface area contributed by atoms with Crippen molar-refractivity contribution in [1.29, 1.82) is 0 Å². The molecule has 1 saturated carbocycles. The van der Waals surface area contributed by atoms with Gasteiger partial charge in [0.15, 0.2) is 11.6 Å². The van der Waals surface area contributed by atoms with Crippen LogP contribution in [-0.4, -0.2) is 87.1 Å². The third-order valence-corrected chi connectivity index (χ3v) is 7.62. The fourth-order valence-corrected chi connectivity index (χ4v) is 5.61. The van der Waals surface area contributed by atoms with Gasteiger partial charge in [-0.1, -0.05) is 0 Å². The Hall–Kier alpha value is -1.90. The lowest BCUT2D eigenvalue weighted by Gasteiger charge is -2.37. The number of ether oxygens (including phenoxy) is 3. The molecule has 33 heavy (non-hydrogen) atoms. The van der Waals surface area contributed by atoms with Gasteiger partial charge in [-0.3, -0.25) is 9.69 Å². The molecule has 1 aromatic heterocycles. The van der Waals surface area contributed by atoms with Crippen molar-refractivity contribution >= 4 is 11.7 Å². The van der Waals surface area contributed by atoms with Crippen LogP contribution in [0.5, 0.6) is 5.75 Å². The van der Waals surface area contributed by atoms with Gasteiger partial charge in [-0.25, -0.2) is 4.98 Å². The lowest BCUT2D eigenvalue weighted by atomic mass is 9.84. The number of carbonyl (C=O) groups is 1. The molecule has 2 saturated heterocycles. The molecule has 1 unspecified atom stereocenters. The van der Waals surface area contributed by atoms with Gasteiger partial charge in [0.2, 0.25) is 5.91 Å². The highest BCUT2D eigenvalue weighted by molar-refractivity contribution is 5.76. The zero-order chi connectivity index (χ0) is 22.5. The van der Waals surface area contributed by atoms with Gasteiger partial charge in [0.05, 0.1) is 39.0 Å². The van der Waals surface area contributed by atoms with Crippen molar-refractivity contribution in [2.45, 2.75) is 57.1 Å². The van der Waals surface area contributed by atoms with Crippen LogP contribution in [0, 0.1) is 5.92 Å². The number of hydrogen-bond acceptors (Lipinski definition) is 7. The van der Waals surface area contributed by atoms with Crippen molar-refractivity contribution in [3.63, 3.8) is 0 Å². The number of pyridine rings is 1. The molecule has 4 heterocycles. The normalized spacial score (nSPS) is 28.2. The molecule has 4 aliphatic rings. The van der Waals surface area contributed by atoms with Crippen LogP contribution in [0.2, 0.25) is 0 Å². The minimum Gasteiger partial charge on any atom is -0.489 e. The van der Waals surface area contributed by atoms with Crippen molar-refractivity contribution in [3.8, 4) is 5.75 Å². The van der Waals surface area contributed by atoms with Crippen molar-refractivity contribution in [2.75, 3.05) is 64.1 Å². The quantitative estimate of drug-likeness (QED) is 0.670. The van der Waals surface area contributed by atoms with Crippen molar-refractivity contribution in [3.05, 3.63) is 17.8 Å². The molecule has 5 rings (SSSR count). The van der Waals surface area contributed by atoms with E-state index in [1.165, 1.54) is 31.4 Å². The van der Waals surface area contributed by atoms with Gasteiger partial charge in [-0.15, -0.1) is 0 Å². The summed E-state index contributed by atoms with van der Waals surface area (Å²) in [6, 6.07) is 2.41. The summed E-state index contributed by atoms with van der Waals surface area (Å²) in [5, 5.41) is 3.22. The second-order valence-corrected chi connectivity index (χ2v) is 9.90. The van der Waals surface area contributed by atoms with E-state index in [2.05, 4.69) is 26.2 Å². The third-order valence-electron chi connectivity index (χ3n) is 7.62. The molecule has 8 heteroatoms. The lowest BCUT2D eigenvalue weighted by molar-refractivity contribution is -0.132. The summed E-state index contributed by atoms with van der Waals surface area (Å²) in [5.74, 6) is 2.93. The number of piperazine rings is 1. The summed E-state index contributed by atoms with van der Waals surface area (Å²) in [7, 11) is 0. The van der Waals surface area contributed by atoms with Crippen molar-refractivity contribution in [2.24, 2.45) is 5.92 Å². The monoisotopic (exact) mass is 458 g/mol. The average molecular weight is 459 g/mol. The first kappa shape index (κ1) is 22.9. The van der Waals surface area contributed by atoms with E-state index in [1.54, 1.807) is 0 Å². The van der Waals surface area contributed by atoms with E-state index in [0.717, 1.165) is 69.5 Å². The number of fused-ring (bicyclic) bond motifs is 1. The van der Waals surface area contributed by atoms with Crippen LogP contribution in [0.1, 0.15) is 44.1 Å². The molecule has 0 spiro atoms. The zero-order valence-electron chi connectivity index (χ0n) is 19.7. The van der Waals surface area contributed by atoms with Crippen LogP contribution in [0.4, 0.5) is 5.82 Å². The number of hydrogen-bond donors (Lipinski definition) is 1. The predicted octanol–water partition coefficient (Wildman–Crippen LogP) is 2.01. The fourth-order valence-electron chi connectivity index (χ4n) is 5.61. The van der Waals surface area contributed by atoms with E-state index in [1.807, 2.05) is 6.20 Å². The summed E-state index contributed by atoms with van der Waals surface area (Å²) in [4.78, 5) is 21.9. The molecule has 182 valence electrons. The van der Waals surface area contributed by atoms with Gasteiger partial charge in [-0.05, 0) is 50.6 Å². The van der Waals surface area contributed by atoms with Gasteiger partial charge in [0.1, 0.15) is 0 Å². The van der Waals surface area contributed by atoms with E-state index >= 15 is 0 Å². The Morgan fingerprint density at radius 1 is 1.09 bits per heavy atom. The topological polar surface area (TPSA) is 76.2 Å². The third kappa shape index (κ3) is 5.97. The maximum Gasteiger partial charge on any atom is 0.222 e. The van der Waals surface area contributed by atoms with Crippen molar-refractivity contribution in [1.82, 2.24) is 15.2 Å². The molecule has 0 aromatic carbocycles. The molecule has 0 bridgehead atoms. The number of nitrogens with zero attached hydrogens (tertiary/aromatic N) is 3. The smallest absolute Gasteiger partial charge is 0.222 e. The second kappa shape index (κ2) is 11.0. The highest BCUT2D eigenvalue weighted by atomic mass is 16.6. The largest absolute Gasteiger partial charge is 0.489 e. The minimum absolute atomic E-state index is 0.0818. The molecule has 1 aliphatic carbocycles. The first-order valence-corrected chi connectivity index (χ1v) is 12.8. The van der Waals surface area contributed by atoms with Crippen LogP contribution in [0.3, 0.4) is 0 Å². The first-order valence-electron chi connectivity index (χ1n) is 12.8. The fraction of sp³-hybridized carbons (Fsp3) is 0.760. The lowest BCUT2D eigenvalue weighted by Crippen LogP contribution is -2.47. The Balaban J connectivity index is 0.980. The number of aromatic nitrogens is 1. The van der Waals surface area contributed by atoms with Gasteiger partial charge in [0, 0.05) is 50.4 Å². The van der Waals surface area contributed by atoms with E-state index < -0.39 is 0 Å². The van der Waals surface area contributed by atoms with Crippen LogP contribution >= 0.6 is 0 Å². The maximum atomic E-state index is 12.3. The van der Waals surface area contributed by atoms with Gasteiger partial charge >= 0.3 is 0 Å². The molecular weight excluding hydrogens is 420 g/mol. The number of nitrogens with one attached hydrogen (secondary N) is 1. The molecule has 1 N–H and O–H groups in total. The number of carbonyl (C=O) groups excluding carboxylic acids is 1. The maximum absolute atomic E-state index is 12.3. The van der Waals surface area contributed by atoms with E-state index in [-0.39, 0.29) is 12.0 Å². The minimum atomic E-state index is -0.0818. The molecule has 3 aliphatic heterocycles. The molecule has 1 atom stereocenters. The number of amides is 1. The Morgan fingerprint density at radius 2 is 1.94 bits per heavy atom. The Morgan fingerprint density at radius 3 is 2.73 bits per heavy atom. The van der Waals surface area contributed by atoms with Gasteiger partial charge < -0.3 is 24.4 Å². The number of anilines is 1. The Labute approximate surface area is 196 Å². The van der Waals surface area contributed by atoms with E-state index in [0.29, 0.717) is 32.3 Å². The number of rotatable bonds is 7. The van der Waals surface area contributed by atoms with Crippen LogP contribution in [0.25, 0.3) is 0 Å². The summed E-state index contributed by atoms with van der Waals surface area (Å²) in [6.07, 6.45) is 9.13. The molecule has 3 fully saturated rings. The molecule has 8 nitrogen and oxygen atoms in total. The van der Waals surface area contributed by atoms with Crippen LogP contribution in [0.15, 0.2) is 12.3 Å². The Kier molecular flexibility index (Phi) is 7.64. The summed E-state index contributed by atoms with van der Waals surface area (Å²) >= 11 is 0. The van der Waals surface area contributed by atoms with E-state index in [9.17, 15) is 4.79 Å². The van der Waals surface area contributed by atoms with Crippen molar-refractivity contribution < 1.29 is 19.0 Å². The summed E-state index contributed by atoms with van der Waals surface area (Å²) in [5.41, 5.74) is 1.30. The zero-order valence-corrected chi connectivity index (χ0v) is 19.7. The SMILES string of the molecule is O=C(CC1COCCO1)N[C@H]1CC[C@H](CCN2CCN(c3nccc4c3OCC4)CC2)CC1. The predicted molar refractivity (Wildman–Crippen MR) is 126 cm³/mol. The van der Waals surface area contributed by atoms with Gasteiger partial charge in [-0.2, -0.15) is 0 Å². The average Bonchev–Trinajstić information content (AvgIpc) is 3.34. The second-order valence-electron chi connectivity index (χ2n) is 9.90. The highest BCUT2D eigenvalue weighted by Crippen LogP contribution is 2.34. The first-order chi connectivity index (χ1) is 16.2. The highest BCUT2D eigenvalue weighted by Gasteiger charge is 2.27. The molecule has 0 radical (unpaired) electrons. The summed E-state index contributed by atoms with van der Waals surface area (Å²) in [6.45, 7) is 7.92. The molecule has 1 amide bonds. The Bertz CT molecular complexity index is 785. The molecular formula is C25H38N4O4. The van der Waals surface area contributed by atoms with E-state index in [4.69, 9.17) is 14.2 Å². The van der Waals surface area contributed by atoms with Crippen LogP contribution < -0.4 is 15.0 Å². The van der Waals surface area contributed by atoms with Gasteiger partial charge in [0.25, 0.3) is 0 Å². The van der Waals surface area contributed by atoms with Crippen LogP contribution in [-0.2, 0) is 20.7 Å². The standard InChI is InChI=1S/C25H38N4O4/c30-23(17-22-18-31-15-16-32-22)27-21-3-1-19(2-4-21)6-9-28-10-12-29(13-11-28)25-24-20(5-8-26-25)7-14-33-24/h5,8,19,21-22H,1-4,6-7,9-18H2,(H,27,30)/t19-,21-,22?.